The fourth-order valence-electron chi connectivity index (χ4n) is 2.02. The van der Waals surface area contributed by atoms with Crippen LogP contribution in [0.15, 0.2) is 38.9 Å². The zero-order valence-electron chi connectivity index (χ0n) is 8.53. The van der Waals surface area contributed by atoms with Gasteiger partial charge < -0.3 is 4.57 Å². The standard InChI is InChI=1S/C12H8BrNOS/c1-14-9-3-2-7(13)6-8(9)12-11(14)10(15)4-5-16-12/h2-6H,1H3. The molecule has 0 spiro atoms. The summed E-state index contributed by atoms with van der Waals surface area (Å²) < 4.78 is 4.07. The van der Waals surface area contributed by atoms with Crippen molar-refractivity contribution in [1.29, 1.82) is 0 Å². The van der Waals surface area contributed by atoms with Gasteiger partial charge in [-0.05, 0) is 29.6 Å². The Morgan fingerprint density at radius 3 is 2.94 bits per heavy atom. The molecule has 2 nitrogen and oxygen atoms in total. The molecule has 80 valence electrons. The van der Waals surface area contributed by atoms with Crippen molar-refractivity contribution in [3.8, 4) is 0 Å². The summed E-state index contributed by atoms with van der Waals surface area (Å²) in [6.45, 7) is 0. The molecule has 0 fully saturated rings. The highest BCUT2D eigenvalue weighted by atomic mass is 79.9. The Balaban J connectivity index is 2.71. The Morgan fingerprint density at radius 2 is 2.12 bits per heavy atom. The fraction of sp³-hybridized carbons (Fsp3) is 0.0833. The van der Waals surface area contributed by atoms with Crippen molar-refractivity contribution in [2.24, 2.45) is 7.05 Å². The second-order valence-corrected chi connectivity index (χ2v) is 5.51. The highest BCUT2D eigenvalue weighted by Crippen LogP contribution is 2.30. The molecule has 0 radical (unpaired) electrons. The van der Waals surface area contributed by atoms with Gasteiger partial charge in [0.15, 0.2) is 0 Å². The first-order valence-electron chi connectivity index (χ1n) is 4.84. The molecule has 2 heterocycles. The van der Waals surface area contributed by atoms with Gasteiger partial charge in [0, 0.05) is 22.4 Å². The topological polar surface area (TPSA) is 22.0 Å². The zero-order chi connectivity index (χ0) is 11.3. The van der Waals surface area contributed by atoms with E-state index in [4.69, 9.17) is 0 Å². The number of aryl methyl sites for hydroxylation is 1. The quantitative estimate of drug-likeness (QED) is 0.622. The molecule has 0 saturated heterocycles. The van der Waals surface area contributed by atoms with Crippen LogP contribution in [0.5, 0.6) is 0 Å². The van der Waals surface area contributed by atoms with E-state index in [0.717, 1.165) is 25.6 Å². The number of rotatable bonds is 0. The minimum atomic E-state index is 0.0866. The van der Waals surface area contributed by atoms with Crippen molar-refractivity contribution in [2.45, 2.75) is 0 Å². The maximum Gasteiger partial charge on any atom is 0.204 e. The largest absolute Gasteiger partial charge is 0.340 e. The van der Waals surface area contributed by atoms with Gasteiger partial charge in [-0.1, -0.05) is 15.9 Å². The van der Waals surface area contributed by atoms with Gasteiger partial charge in [0.25, 0.3) is 0 Å². The van der Waals surface area contributed by atoms with Crippen LogP contribution in [0.25, 0.3) is 21.1 Å². The van der Waals surface area contributed by atoms with Crippen molar-refractivity contribution >= 4 is 48.4 Å². The number of halogens is 1. The van der Waals surface area contributed by atoms with E-state index in [9.17, 15) is 4.79 Å². The summed E-state index contributed by atoms with van der Waals surface area (Å²) in [6, 6.07) is 7.72. The Kier molecular flexibility index (Phi) is 2.16. The minimum Gasteiger partial charge on any atom is -0.340 e. The number of nitrogens with zero attached hydrogens (tertiary/aromatic N) is 1. The first kappa shape index (κ1) is 10.1. The predicted molar refractivity (Wildman–Crippen MR) is 72.3 cm³/mol. The molecule has 0 saturated carbocycles. The third kappa shape index (κ3) is 1.26. The first-order chi connectivity index (χ1) is 7.68. The van der Waals surface area contributed by atoms with Crippen molar-refractivity contribution in [1.82, 2.24) is 4.57 Å². The van der Waals surface area contributed by atoms with Gasteiger partial charge in [-0.25, -0.2) is 0 Å². The summed E-state index contributed by atoms with van der Waals surface area (Å²) in [4.78, 5) is 11.8. The Hall–Kier alpha value is -1.13. The molecule has 0 aliphatic heterocycles. The van der Waals surface area contributed by atoms with Crippen LogP contribution in [0.1, 0.15) is 0 Å². The summed E-state index contributed by atoms with van der Waals surface area (Å²) >= 11 is 5.07. The number of fused-ring (bicyclic) bond motifs is 3. The molecule has 3 aromatic rings. The van der Waals surface area contributed by atoms with Gasteiger partial charge >= 0.3 is 0 Å². The molecule has 0 unspecified atom stereocenters. The van der Waals surface area contributed by atoms with E-state index in [1.165, 1.54) is 0 Å². The van der Waals surface area contributed by atoms with Gasteiger partial charge in [-0.3, -0.25) is 4.79 Å². The molecule has 0 atom stereocenters. The SMILES string of the molecule is Cn1c2ccc(Br)cc2c2sccc(=O)c21. The van der Waals surface area contributed by atoms with E-state index in [1.54, 1.807) is 17.4 Å². The lowest BCUT2D eigenvalue weighted by Crippen LogP contribution is -2.01. The highest BCUT2D eigenvalue weighted by molar-refractivity contribution is 9.10. The number of hydrogen-bond donors (Lipinski definition) is 0. The average Bonchev–Trinajstić information content (AvgIpc) is 2.54. The van der Waals surface area contributed by atoms with Crippen LogP contribution in [-0.2, 0) is 7.05 Å². The van der Waals surface area contributed by atoms with E-state index in [2.05, 4.69) is 22.0 Å². The predicted octanol–water partition coefficient (Wildman–Crippen LogP) is 3.52. The van der Waals surface area contributed by atoms with Crippen LogP contribution in [0.3, 0.4) is 0 Å². The van der Waals surface area contributed by atoms with E-state index < -0.39 is 0 Å². The normalized spacial score (nSPS) is 11.4. The van der Waals surface area contributed by atoms with E-state index in [1.807, 2.05) is 29.1 Å². The molecular weight excluding hydrogens is 286 g/mol. The molecule has 0 aliphatic carbocycles. The van der Waals surface area contributed by atoms with Gasteiger partial charge in [-0.2, -0.15) is 0 Å². The van der Waals surface area contributed by atoms with Crippen LogP contribution >= 0.6 is 27.3 Å². The van der Waals surface area contributed by atoms with Crippen molar-refractivity contribution in [3.05, 3.63) is 44.3 Å². The van der Waals surface area contributed by atoms with Crippen molar-refractivity contribution in [3.63, 3.8) is 0 Å². The number of hydrogen-bond acceptors (Lipinski definition) is 2. The Morgan fingerprint density at radius 1 is 1.31 bits per heavy atom. The highest BCUT2D eigenvalue weighted by Gasteiger charge is 2.10. The Labute approximate surface area is 104 Å². The van der Waals surface area contributed by atoms with E-state index in [0.29, 0.717) is 0 Å². The second kappa shape index (κ2) is 3.43. The molecule has 16 heavy (non-hydrogen) atoms. The summed E-state index contributed by atoms with van der Waals surface area (Å²) in [7, 11) is 1.94. The molecule has 4 heteroatoms. The van der Waals surface area contributed by atoms with E-state index >= 15 is 0 Å². The fourth-order valence-corrected chi connectivity index (χ4v) is 3.35. The second-order valence-electron chi connectivity index (χ2n) is 3.68. The van der Waals surface area contributed by atoms with E-state index in [-0.39, 0.29) is 5.43 Å². The Bertz CT molecular complexity index is 757. The minimum absolute atomic E-state index is 0.0866. The zero-order valence-corrected chi connectivity index (χ0v) is 10.9. The molecule has 0 amide bonds. The summed E-state index contributed by atoms with van der Waals surface area (Å²) in [5, 5.41) is 2.99. The lowest BCUT2D eigenvalue weighted by Gasteiger charge is -1.96. The summed E-state index contributed by atoms with van der Waals surface area (Å²) in [6.07, 6.45) is 0. The van der Waals surface area contributed by atoms with Crippen molar-refractivity contribution in [2.75, 3.05) is 0 Å². The van der Waals surface area contributed by atoms with Crippen LogP contribution in [0.2, 0.25) is 0 Å². The third-order valence-electron chi connectivity index (χ3n) is 2.75. The maximum absolute atomic E-state index is 11.8. The lowest BCUT2D eigenvalue weighted by atomic mass is 10.2. The molecule has 2 aromatic heterocycles. The van der Waals surface area contributed by atoms with Gasteiger partial charge in [-0.15, -0.1) is 11.3 Å². The molecule has 0 aliphatic rings. The smallest absolute Gasteiger partial charge is 0.204 e. The van der Waals surface area contributed by atoms with Gasteiger partial charge in [0.05, 0.1) is 4.70 Å². The van der Waals surface area contributed by atoms with Crippen LogP contribution < -0.4 is 5.43 Å². The van der Waals surface area contributed by atoms with Crippen LogP contribution in [0, 0.1) is 0 Å². The number of aromatic nitrogens is 1. The lowest BCUT2D eigenvalue weighted by molar-refractivity contribution is 1.01. The molecule has 3 rings (SSSR count). The van der Waals surface area contributed by atoms with Crippen LogP contribution in [-0.4, -0.2) is 4.57 Å². The van der Waals surface area contributed by atoms with Crippen molar-refractivity contribution < 1.29 is 0 Å². The van der Waals surface area contributed by atoms with Crippen LogP contribution in [0.4, 0.5) is 0 Å². The maximum atomic E-state index is 11.8. The number of benzene rings is 1. The first-order valence-corrected chi connectivity index (χ1v) is 6.51. The summed E-state index contributed by atoms with van der Waals surface area (Å²) in [5.41, 5.74) is 1.97. The summed E-state index contributed by atoms with van der Waals surface area (Å²) in [5.74, 6) is 0. The molecular formula is C12H8BrNOS. The van der Waals surface area contributed by atoms with Gasteiger partial charge in [0.2, 0.25) is 5.43 Å². The molecule has 1 aromatic carbocycles. The molecule has 0 bridgehead atoms. The molecule has 0 N–H and O–H groups in total. The van der Waals surface area contributed by atoms with Gasteiger partial charge in [0.1, 0.15) is 5.52 Å². The average molecular weight is 294 g/mol. The third-order valence-corrected chi connectivity index (χ3v) is 4.17. The monoisotopic (exact) mass is 293 g/mol.